The largest absolute Gasteiger partial charge is 0.456 e. The Kier molecular flexibility index (Phi) is 6.02. The third-order valence-electron chi connectivity index (χ3n) is 7.26. The van der Waals surface area contributed by atoms with Crippen molar-refractivity contribution in [2.24, 2.45) is 0 Å². The lowest BCUT2D eigenvalue weighted by molar-refractivity contribution is 0.487. The SMILES string of the molecule is CCCCN(CCCC)c1ccc2c(c1)Oc1cccc3c1c-2cc1[nH]c(-c2ccc(C#N)cc2)nc13. The number of nitrogens with one attached hydrogen (secondary N) is 1. The number of hydrogen-bond donors (Lipinski definition) is 1. The summed E-state index contributed by atoms with van der Waals surface area (Å²) in [6.07, 6.45) is 4.74. The van der Waals surface area contributed by atoms with Crippen LogP contribution in [0.25, 0.3) is 44.3 Å². The molecular weight excluding hydrogens is 456 g/mol. The number of aromatic amines is 1. The van der Waals surface area contributed by atoms with Gasteiger partial charge in [-0.25, -0.2) is 4.98 Å². The van der Waals surface area contributed by atoms with Gasteiger partial charge in [0.2, 0.25) is 0 Å². The molecule has 184 valence electrons. The van der Waals surface area contributed by atoms with Crippen LogP contribution in [0.4, 0.5) is 5.69 Å². The molecule has 1 aromatic heterocycles. The Morgan fingerprint density at radius 1 is 0.892 bits per heavy atom. The predicted molar refractivity (Wildman–Crippen MR) is 151 cm³/mol. The molecular formula is C32H30N4O. The molecule has 6 rings (SSSR count). The molecule has 5 aromatic rings. The Morgan fingerprint density at radius 3 is 2.41 bits per heavy atom. The maximum absolute atomic E-state index is 9.14. The van der Waals surface area contributed by atoms with Crippen LogP contribution in [0.3, 0.4) is 0 Å². The fourth-order valence-electron chi connectivity index (χ4n) is 5.26. The highest BCUT2D eigenvalue weighted by atomic mass is 16.5. The minimum atomic E-state index is 0.638. The lowest BCUT2D eigenvalue weighted by Crippen LogP contribution is -2.25. The van der Waals surface area contributed by atoms with Crippen molar-refractivity contribution in [1.29, 1.82) is 5.26 Å². The van der Waals surface area contributed by atoms with Crippen LogP contribution in [0, 0.1) is 11.3 Å². The van der Waals surface area contributed by atoms with Crippen molar-refractivity contribution in [3.8, 4) is 40.1 Å². The van der Waals surface area contributed by atoms with Gasteiger partial charge in [-0.05, 0) is 66.9 Å². The summed E-state index contributed by atoms with van der Waals surface area (Å²) in [7, 11) is 0. The molecule has 0 aliphatic carbocycles. The van der Waals surface area contributed by atoms with Crippen molar-refractivity contribution in [2.75, 3.05) is 18.0 Å². The number of nitrogens with zero attached hydrogens (tertiary/aromatic N) is 3. The summed E-state index contributed by atoms with van der Waals surface area (Å²) < 4.78 is 6.52. The summed E-state index contributed by atoms with van der Waals surface area (Å²) in [5.74, 6) is 2.57. The van der Waals surface area contributed by atoms with E-state index in [9.17, 15) is 0 Å². The first-order valence-electron chi connectivity index (χ1n) is 13.2. The molecule has 4 aromatic carbocycles. The van der Waals surface area contributed by atoms with E-state index in [2.05, 4.69) is 60.1 Å². The van der Waals surface area contributed by atoms with E-state index < -0.39 is 0 Å². The van der Waals surface area contributed by atoms with Gasteiger partial charge in [0.25, 0.3) is 0 Å². The molecule has 0 amide bonds. The van der Waals surface area contributed by atoms with Crippen molar-refractivity contribution < 1.29 is 4.74 Å². The Balaban J connectivity index is 1.46. The average Bonchev–Trinajstić information content (AvgIpc) is 3.37. The number of anilines is 1. The third-order valence-corrected chi connectivity index (χ3v) is 7.26. The minimum absolute atomic E-state index is 0.638. The van der Waals surface area contributed by atoms with Crippen molar-refractivity contribution in [1.82, 2.24) is 9.97 Å². The minimum Gasteiger partial charge on any atom is -0.456 e. The van der Waals surface area contributed by atoms with Gasteiger partial charge in [0.15, 0.2) is 0 Å². The van der Waals surface area contributed by atoms with Crippen molar-refractivity contribution in [3.63, 3.8) is 0 Å². The summed E-state index contributed by atoms with van der Waals surface area (Å²) in [6, 6.07) is 24.8. The number of imidazole rings is 1. The summed E-state index contributed by atoms with van der Waals surface area (Å²) in [5.41, 5.74) is 7.00. The summed E-state index contributed by atoms with van der Waals surface area (Å²) in [4.78, 5) is 11.0. The maximum Gasteiger partial charge on any atom is 0.138 e. The molecule has 1 aliphatic rings. The summed E-state index contributed by atoms with van der Waals surface area (Å²) in [5, 5.41) is 11.3. The van der Waals surface area contributed by atoms with E-state index in [-0.39, 0.29) is 0 Å². The van der Waals surface area contributed by atoms with Gasteiger partial charge in [-0.2, -0.15) is 5.26 Å². The number of unbranched alkanes of at least 4 members (excludes halogenated alkanes) is 2. The molecule has 0 unspecified atom stereocenters. The Bertz CT molecular complexity index is 1630. The first kappa shape index (κ1) is 23.1. The van der Waals surface area contributed by atoms with Crippen LogP contribution in [0.2, 0.25) is 0 Å². The van der Waals surface area contributed by atoms with E-state index in [1.807, 2.05) is 36.4 Å². The molecule has 0 saturated heterocycles. The first-order valence-corrected chi connectivity index (χ1v) is 13.2. The maximum atomic E-state index is 9.14. The van der Waals surface area contributed by atoms with E-state index >= 15 is 0 Å². The first-order chi connectivity index (χ1) is 18.2. The van der Waals surface area contributed by atoms with Crippen LogP contribution in [-0.2, 0) is 0 Å². The van der Waals surface area contributed by atoms with Crippen LogP contribution in [-0.4, -0.2) is 23.1 Å². The Hall–Kier alpha value is -4.30. The average molecular weight is 487 g/mol. The van der Waals surface area contributed by atoms with Gasteiger partial charge in [0.1, 0.15) is 17.3 Å². The molecule has 5 heteroatoms. The van der Waals surface area contributed by atoms with Crippen molar-refractivity contribution in [2.45, 2.75) is 39.5 Å². The van der Waals surface area contributed by atoms with Gasteiger partial charge < -0.3 is 14.6 Å². The number of aromatic nitrogens is 2. The number of benzene rings is 4. The quantitative estimate of drug-likeness (QED) is 0.234. The molecule has 1 aliphatic heterocycles. The van der Waals surface area contributed by atoms with Gasteiger partial charge in [-0.15, -0.1) is 0 Å². The van der Waals surface area contributed by atoms with E-state index in [1.54, 1.807) is 0 Å². The van der Waals surface area contributed by atoms with Crippen LogP contribution in [0.5, 0.6) is 11.5 Å². The molecule has 2 heterocycles. The van der Waals surface area contributed by atoms with E-state index in [0.717, 1.165) is 68.9 Å². The number of ether oxygens (including phenoxy) is 1. The van der Waals surface area contributed by atoms with Gasteiger partial charge in [-0.1, -0.05) is 38.8 Å². The molecule has 0 spiro atoms. The zero-order valence-electron chi connectivity index (χ0n) is 21.3. The zero-order chi connectivity index (χ0) is 25.4. The molecule has 5 nitrogen and oxygen atoms in total. The summed E-state index contributed by atoms with van der Waals surface area (Å²) >= 11 is 0. The number of nitriles is 1. The van der Waals surface area contributed by atoms with Crippen LogP contribution < -0.4 is 9.64 Å². The highest BCUT2D eigenvalue weighted by Crippen LogP contribution is 2.49. The molecule has 0 fully saturated rings. The van der Waals surface area contributed by atoms with E-state index in [0.29, 0.717) is 5.56 Å². The molecule has 0 atom stereocenters. The summed E-state index contributed by atoms with van der Waals surface area (Å²) in [6.45, 7) is 6.62. The highest BCUT2D eigenvalue weighted by molar-refractivity contribution is 6.15. The van der Waals surface area contributed by atoms with Gasteiger partial charge in [0, 0.05) is 46.7 Å². The van der Waals surface area contributed by atoms with Crippen LogP contribution in [0.15, 0.2) is 66.7 Å². The third kappa shape index (κ3) is 4.09. The van der Waals surface area contributed by atoms with Crippen molar-refractivity contribution >= 4 is 27.5 Å². The Morgan fingerprint density at radius 2 is 1.68 bits per heavy atom. The predicted octanol–water partition coefficient (Wildman–Crippen LogP) is 8.43. The van der Waals surface area contributed by atoms with Crippen LogP contribution in [0.1, 0.15) is 45.1 Å². The van der Waals surface area contributed by atoms with E-state index in [1.165, 1.54) is 31.4 Å². The smallest absolute Gasteiger partial charge is 0.138 e. The Labute approximate surface area is 217 Å². The number of H-pyrrole nitrogens is 1. The molecule has 0 radical (unpaired) electrons. The fraction of sp³-hybridized carbons (Fsp3) is 0.250. The molecule has 1 N–H and O–H groups in total. The van der Waals surface area contributed by atoms with Gasteiger partial charge in [0.05, 0.1) is 22.7 Å². The molecule has 37 heavy (non-hydrogen) atoms. The molecule has 0 saturated carbocycles. The van der Waals surface area contributed by atoms with E-state index in [4.69, 9.17) is 15.0 Å². The monoisotopic (exact) mass is 486 g/mol. The number of rotatable bonds is 8. The zero-order valence-corrected chi connectivity index (χ0v) is 21.3. The molecule has 0 bridgehead atoms. The van der Waals surface area contributed by atoms with Gasteiger partial charge >= 0.3 is 0 Å². The lowest BCUT2D eigenvalue weighted by Gasteiger charge is -2.27. The van der Waals surface area contributed by atoms with Crippen LogP contribution >= 0.6 is 0 Å². The second kappa shape index (κ2) is 9.63. The standard InChI is InChI=1S/C32H30N4O/c1-3-5-16-36(17-6-4-2)23-14-15-24-26-19-27-31(25-8-7-9-28(30(25)26)37-29(24)18-23)35-32(34-27)22-12-10-21(20-33)11-13-22/h7-15,18-19H,3-6,16-17H2,1-2H3,(H,34,35). The topological polar surface area (TPSA) is 64.9 Å². The normalized spacial score (nSPS) is 11.8. The number of fused-ring (bicyclic) bond motifs is 4. The van der Waals surface area contributed by atoms with Crippen molar-refractivity contribution in [3.05, 3.63) is 72.3 Å². The lowest BCUT2D eigenvalue weighted by atomic mass is 9.93. The second-order valence-corrected chi connectivity index (χ2v) is 9.75. The highest BCUT2D eigenvalue weighted by Gasteiger charge is 2.24. The van der Waals surface area contributed by atoms with Gasteiger partial charge in [-0.3, -0.25) is 0 Å². The number of hydrogen-bond acceptors (Lipinski definition) is 4. The second-order valence-electron chi connectivity index (χ2n) is 9.75. The fourth-order valence-corrected chi connectivity index (χ4v) is 5.26.